The Balaban J connectivity index is 1.21. The van der Waals surface area contributed by atoms with Crippen LogP contribution in [0.15, 0.2) is 29.8 Å². The van der Waals surface area contributed by atoms with Gasteiger partial charge in [0, 0.05) is 23.7 Å². The largest absolute Gasteiger partial charge is 0.462 e. The molecule has 7 rings (SSSR count). The minimum absolute atomic E-state index is 0.0502. The number of amides is 1. The van der Waals surface area contributed by atoms with E-state index >= 15 is 0 Å². The Morgan fingerprint density at radius 3 is 2.40 bits per heavy atom. The molecule has 0 unspecified atom stereocenters. The summed E-state index contributed by atoms with van der Waals surface area (Å²) in [5.41, 5.74) is 2.32. The molecule has 1 aromatic carbocycles. The molecule has 2 aromatic rings. The highest BCUT2D eigenvalue weighted by Gasteiger charge is 2.70. The number of hydrogen-bond donors (Lipinski definition) is 1. The molecule has 1 amide bonds. The first-order valence-electron chi connectivity index (χ1n) is 18.0. The van der Waals surface area contributed by atoms with Crippen LogP contribution in [0, 0.1) is 57.2 Å². The smallest absolute Gasteiger partial charge is 0.302 e. The van der Waals surface area contributed by atoms with E-state index in [0.29, 0.717) is 16.8 Å². The van der Waals surface area contributed by atoms with Crippen molar-refractivity contribution >= 4 is 44.3 Å². The molecule has 9 atom stereocenters. The molecule has 0 spiro atoms. The monoisotopic (exact) mass is 658 g/mol. The van der Waals surface area contributed by atoms with Crippen LogP contribution in [0.25, 0.3) is 10.2 Å². The molecule has 0 aliphatic heterocycles. The molecular weight excluding hydrogens is 605 g/mol. The summed E-state index contributed by atoms with van der Waals surface area (Å²) in [7, 11) is 0. The first-order chi connectivity index (χ1) is 21.9. The molecule has 5 aliphatic rings. The molecule has 0 radical (unpaired) electrons. The first-order valence-corrected chi connectivity index (χ1v) is 18.8. The van der Waals surface area contributed by atoms with Crippen LogP contribution in [-0.4, -0.2) is 28.7 Å². The molecule has 1 aromatic heterocycles. The second-order valence-electron chi connectivity index (χ2n) is 18.2. The van der Waals surface area contributed by atoms with Gasteiger partial charge in [0.25, 0.3) is 0 Å². The van der Waals surface area contributed by atoms with Crippen LogP contribution in [-0.2, 0) is 19.1 Å². The Hall–Kier alpha value is -2.54. The number of aromatic nitrogens is 1. The van der Waals surface area contributed by atoms with Gasteiger partial charge in [0.15, 0.2) is 10.9 Å². The van der Waals surface area contributed by atoms with Crippen LogP contribution in [0.5, 0.6) is 0 Å². The maximum Gasteiger partial charge on any atom is 0.302 e. The van der Waals surface area contributed by atoms with Crippen molar-refractivity contribution in [1.82, 2.24) is 4.98 Å². The number of fused-ring (bicyclic) bond motifs is 8. The first kappa shape index (κ1) is 33.0. The molecule has 1 N–H and O–H groups in total. The summed E-state index contributed by atoms with van der Waals surface area (Å²) >= 11 is 1.54. The van der Waals surface area contributed by atoms with E-state index in [1.165, 1.54) is 18.1 Å². The molecule has 47 heavy (non-hydrogen) atoms. The van der Waals surface area contributed by atoms with E-state index in [2.05, 4.69) is 78.9 Å². The lowest BCUT2D eigenvalue weighted by Crippen LogP contribution is -2.66. The topological polar surface area (TPSA) is 85.4 Å². The lowest BCUT2D eigenvalue weighted by Gasteiger charge is -2.70. The quantitative estimate of drug-likeness (QED) is 0.332. The number of esters is 1. The minimum Gasteiger partial charge on any atom is -0.462 e. The third kappa shape index (κ3) is 4.67. The third-order valence-corrected chi connectivity index (χ3v) is 16.1. The Morgan fingerprint density at radius 2 is 1.68 bits per heavy atom. The number of thiazole rings is 1. The van der Waals surface area contributed by atoms with Crippen molar-refractivity contribution in [1.29, 1.82) is 0 Å². The van der Waals surface area contributed by atoms with Gasteiger partial charge in [0.1, 0.15) is 6.10 Å². The Bertz CT molecular complexity index is 1710. The van der Waals surface area contributed by atoms with Gasteiger partial charge in [-0.2, -0.15) is 0 Å². The van der Waals surface area contributed by atoms with Gasteiger partial charge in [-0.05, 0) is 122 Å². The number of ether oxygens (including phenoxy) is 1. The Morgan fingerprint density at radius 1 is 0.957 bits per heavy atom. The van der Waals surface area contributed by atoms with E-state index in [-0.39, 0.29) is 56.9 Å². The van der Waals surface area contributed by atoms with Crippen LogP contribution in [0.4, 0.5) is 5.13 Å². The van der Waals surface area contributed by atoms with Crippen molar-refractivity contribution in [2.75, 3.05) is 5.32 Å². The van der Waals surface area contributed by atoms with Crippen molar-refractivity contribution < 1.29 is 19.1 Å². The van der Waals surface area contributed by atoms with Gasteiger partial charge in [-0.1, -0.05) is 71.4 Å². The van der Waals surface area contributed by atoms with Gasteiger partial charge in [0.2, 0.25) is 5.91 Å². The fourth-order valence-corrected chi connectivity index (χ4v) is 13.1. The predicted octanol–water partition coefficient (Wildman–Crippen LogP) is 9.46. The molecule has 6 nitrogen and oxygen atoms in total. The number of nitrogens with one attached hydrogen (secondary N) is 1. The number of ketones is 1. The lowest BCUT2D eigenvalue weighted by molar-refractivity contribution is -0.210. The summed E-state index contributed by atoms with van der Waals surface area (Å²) in [6.45, 7) is 19.9. The summed E-state index contributed by atoms with van der Waals surface area (Å²) in [5.74, 6) is 0.553. The van der Waals surface area contributed by atoms with E-state index in [9.17, 15) is 14.4 Å². The maximum absolute atomic E-state index is 14.7. The van der Waals surface area contributed by atoms with Crippen molar-refractivity contribution in [3.8, 4) is 0 Å². The minimum atomic E-state index is -0.541. The van der Waals surface area contributed by atoms with E-state index in [1.54, 1.807) is 11.3 Å². The number of allylic oxidation sites excluding steroid dienone is 2. The Labute approximate surface area is 284 Å². The SMILES string of the molecule is CC(=O)O[C@H]1CC[C@]2(C)[C@H]3C(=O)C=C4[C@@H]5C[C@@](C)(C(=O)Nc6nc7ccc(C)cc7s6)CC[C@]5(C)CC[C@@]4(C)[C@]3(C)CC[C@H]2C1(C)C. The molecule has 0 saturated heterocycles. The second-order valence-corrected chi connectivity index (χ2v) is 19.2. The van der Waals surface area contributed by atoms with E-state index in [1.807, 2.05) is 6.07 Å². The van der Waals surface area contributed by atoms with Gasteiger partial charge in [-0.15, -0.1) is 0 Å². The highest BCUT2D eigenvalue weighted by atomic mass is 32.1. The van der Waals surface area contributed by atoms with Gasteiger partial charge in [-0.25, -0.2) is 4.98 Å². The second kappa shape index (κ2) is 10.5. The highest BCUT2D eigenvalue weighted by Crippen LogP contribution is 2.75. The molecular formula is C40H54N2O4S. The van der Waals surface area contributed by atoms with Crippen molar-refractivity contribution in [2.24, 2.45) is 50.2 Å². The van der Waals surface area contributed by atoms with E-state index in [4.69, 9.17) is 9.72 Å². The lowest BCUT2D eigenvalue weighted by atomic mass is 9.33. The van der Waals surface area contributed by atoms with E-state index < -0.39 is 5.41 Å². The highest BCUT2D eigenvalue weighted by molar-refractivity contribution is 7.22. The fraction of sp³-hybridized carbons (Fsp3) is 0.700. The van der Waals surface area contributed by atoms with E-state index in [0.717, 1.165) is 68.0 Å². The number of rotatable bonds is 3. The molecule has 5 aliphatic carbocycles. The van der Waals surface area contributed by atoms with Gasteiger partial charge >= 0.3 is 5.97 Å². The molecule has 7 heteroatoms. The Kier molecular flexibility index (Phi) is 7.35. The van der Waals surface area contributed by atoms with Crippen LogP contribution >= 0.6 is 11.3 Å². The number of aryl methyl sites for hydroxylation is 1. The predicted molar refractivity (Wildman–Crippen MR) is 188 cm³/mol. The van der Waals surface area contributed by atoms with Crippen LogP contribution < -0.4 is 5.32 Å². The van der Waals surface area contributed by atoms with Crippen molar-refractivity contribution in [3.05, 3.63) is 35.4 Å². The summed E-state index contributed by atoms with van der Waals surface area (Å²) < 4.78 is 6.98. The van der Waals surface area contributed by atoms with Gasteiger partial charge in [0.05, 0.1) is 10.2 Å². The molecule has 0 bridgehead atoms. The third-order valence-electron chi connectivity index (χ3n) is 15.1. The van der Waals surface area contributed by atoms with Crippen molar-refractivity contribution in [3.63, 3.8) is 0 Å². The summed E-state index contributed by atoms with van der Waals surface area (Å²) in [4.78, 5) is 45.6. The fourth-order valence-electron chi connectivity index (χ4n) is 12.1. The van der Waals surface area contributed by atoms with Crippen LogP contribution in [0.2, 0.25) is 0 Å². The number of hydrogen-bond acceptors (Lipinski definition) is 6. The zero-order chi connectivity index (χ0) is 33.9. The number of carbonyl (C=O) groups is 3. The number of anilines is 1. The number of benzene rings is 1. The average molecular weight is 659 g/mol. The maximum atomic E-state index is 14.7. The van der Waals surface area contributed by atoms with Gasteiger partial charge in [-0.3, -0.25) is 14.4 Å². The molecule has 4 fully saturated rings. The van der Waals surface area contributed by atoms with Crippen molar-refractivity contribution in [2.45, 2.75) is 126 Å². The number of carbonyl (C=O) groups excluding carboxylic acids is 3. The molecule has 4 saturated carbocycles. The molecule has 1 heterocycles. The standard InChI is InChI=1S/C40H54N2O4S/c1-23-10-11-27-29(20-23)47-34(41-27)42-33(45)37(6)17-16-36(5)18-19-39(8)25(26(36)22-37)21-28(44)32-38(7)14-13-31(46-24(2)43)35(3,4)30(38)12-15-40(32,39)9/h10-11,20-21,26,30-32H,12-19,22H2,1-9H3,(H,41,42,45)/t26-,30-,31-,32+,36+,37-,38-,39+,40+/m0/s1. The van der Waals surface area contributed by atoms with Crippen LogP contribution in [0.3, 0.4) is 0 Å². The van der Waals surface area contributed by atoms with Crippen LogP contribution in [0.1, 0.15) is 119 Å². The normalized spacial score (nSPS) is 42.3. The summed E-state index contributed by atoms with van der Waals surface area (Å²) in [5, 5.41) is 3.89. The summed E-state index contributed by atoms with van der Waals surface area (Å²) in [6, 6.07) is 6.21. The average Bonchev–Trinajstić information content (AvgIpc) is 3.37. The van der Waals surface area contributed by atoms with Gasteiger partial charge < -0.3 is 10.1 Å². The molecule has 254 valence electrons. The zero-order valence-corrected chi connectivity index (χ0v) is 30.8. The summed E-state index contributed by atoms with van der Waals surface area (Å²) in [6.07, 6.45) is 10.5. The zero-order valence-electron chi connectivity index (χ0n) is 30.0. The number of nitrogens with zero attached hydrogens (tertiary/aromatic N) is 1.